The Bertz CT molecular complexity index is 608. The second-order valence-electron chi connectivity index (χ2n) is 4.25. The molecule has 2 rings (SSSR count). The first kappa shape index (κ1) is 12.4. The lowest BCUT2D eigenvalue weighted by atomic mass is 10.0. The van der Waals surface area contributed by atoms with Crippen molar-refractivity contribution in [1.82, 2.24) is 4.98 Å². The van der Waals surface area contributed by atoms with Crippen LogP contribution in [0.15, 0.2) is 30.3 Å². The van der Waals surface area contributed by atoms with E-state index in [4.69, 9.17) is 4.74 Å². The summed E-state index contributed by atoms with van der Waals surface area (Å²) >= 11 is 0. The van der Waals surface area contributed by atoms with Crippen LogP contribution in [0.1, 0.15) is 25.1 Å². The predicted molar refractivity (Wildman–Crippen MR) is 73.3 cm³/mol. The van der Waals surface area contributed by atoms with Gasteiger partial charge in [-0.1, -0.05) is 18.2 Å². The van der Waals surface area contributed by atoms with Gasteiger partial charge in [-0.25, -0.2) is 4.79 Å². The third kappa shape index (κ3) is 2.30. The van der Waals surface area contributed by atoms with Crippen LogP contribution in [0.5, 0.6) is 0 Å². The minimum absolute atomic E-state index is 0.292. The number of fused-ring (bicyclic) bond motifs is 1. The van der Waals surface area contributed by atoms with E-state index in [-0.39, 0.29) is 5.97 Å². The zero-order valence-corrected chi connectivity index (χ0v) is 10.9. The molecule has 0 fully saturated rings. The van der Waals surface area contributed by atoms with Crippen molar-refractivity contribution in [2.75, 3.05) is 6.61 Å². The number of hydrogen-bond donors (Lipinski definition) is 1. The van der Waals surface area contributed by atoms with E-state index in [0.29, 0.717) is 6.61 Å². The smallest absolute Gasteiger partial charge is 0.331 e. The monoisotopic (exact) mass is 243 g/mol. The fraction of sp³-hybridized carbons (Fsp3) is 0.267. The molecule has 1 heterocycles. The van der Waals surface area contributed by atoms with E-state index in [0.717, 1.165) is 27.7 Å². The molecule has 2 aromatic rings. The molecule has 1 N–H and O–H groups in total. The van der Waals surface area contributed by atoms with Crippen molar-refractivity contribution in [2.24, 2.45) is 0 Å². The van der Waals surface area contributed by atoms with Crippen LogP contribution in [0.2, 0.25) is 0 Å². The first-order valence-electron chi connectivity index (χ1n) is 6.06. The van der Waals surface area contributed by atoms with Crippen LogP contribution in [0, 0.1) is 6.92 Å². The minimum atomic E-state index is -0.292. The Hall–Kier alpha value is -2.03. The quantitative estimate of drug-likeness (QED) is 0.662. The number of para-hydroxylation sites is 1. The number of esters is 1. The summed E-state index contributed by atoms with van der Waals surface area (Å²) in [6.07, 6.45) is 1.55. The van der Waals surface area contributed by atoms with Crippen LogP contribution in [-0.2, 0) is 9.53 Å². The highest BCUT2D eigenvalue weighted by Gasteiger charge is 2.10. The second-order valence-corrected chi connectivity index (χ2v) is 4.25. The number of aryl methyl sites for hydroxylation is 1. The van der Waals surface area contributed by atoms with Crippen molar-refractivity contribution in [1.29, 1.82) is 0 Å². The van der Waals surface area contributed by atoms with Gasteiger partial charge in [0.1, 0.15) is 0 Å². The lowest BCUT2D eigenvalue weighted by Crippen LogP contribution is -2.00. The Morgan fingerprint density at radius 2 is 2.11 bits per heavy atom. The molecule has 0 bridgehead atoms. The van der Waals surface area contributed by atoms with Crippen molar-refractivity contribution >= 4 is 22.4 Å². The van der Waals surface area contributed by atoms with E-state index >= 15 is 0 Å². The normalized spacial score (nSPS) is 11.8. The van der Waals surface area contributed by atoms with Gasteiger partial charge in [-0.3, -0.25) is 0 Å². The lowest BCUT2D eigenvalue weighted by molar-refractivity contribution is -0.137. The summed E-state index contributed by atoms with van der Waals surface area (Å²) in [5.74, 6) is -0.292. The molecule has 0 aliphatic carbocycles. The zero-order chi connectivity index (χ0) is 13.1. The molecule has 1 aromatic carbocycles. The summed E-state index contributed by atoms with van der Waals surface area (Å²) in [6, 6.07) is 8.07. The Kier molecular flexibility index (Phi) is 3.51. The van der Waals surface area contributed by atoms with Crippen molar-refractivity contribution in [3.8, 4) is 0 Å². The van der Waals surface area contributed by atoms with E-state index in [1.165, 1.54) is 0 Å². The molecular formula is C15H17NO2. The number of aromatic amines is 1. The molecule has 0 saturated heterocycles. The molecule has 0 saturated carbocycles. The van der Waals surface area contributed by atoms with E-state index < -0.39 is 0 Å². The maximum atomic E-state index is 11.5. The van der Waals surface area contributed by atoms with Crippen LogP contribution in [0.4, 0.5) is 0 Å². The van der Waals surface area contributed by atoms with E-state index in [1.807, 2.05) is 32.0 Å². The maximum Gasteiger partial charge on any atom is 0.331 e. The van der Waals surface area contributed by atoms with Gasteiger partial charge in [-0.2, -0.15) is 0 Å². The van der Waals surface area contributed by atoms with Crippen LogP contribution in [0.25, 0.3) is 16.5 Å². The van der Waals surface area contributed by atoms with Gasteiger partial charge in [0.15, 0.2) is 0 Å². The first-order chi connectivity index (χ1) is 8.63. The standard InChI is InChI=1S/C15H17NO2/c1-4-18-14(17)9-10(2)15-11(3)16-13-8-6-5-7-12(13)15/h5-9,16H,4H2,1-3H3/b10-9-. The van der Waals surface area contributed by atoms with Gasteiger partial charge in [-0.05, 0) is 32.4 Å². The first-order valence-corrected chi connectivity index (χ1v) is 6.06. The summed E-state index contributed by atoms with van der Waals surface area (Å²) in [5, 5.41) is 1.13. The molecule has 0 aliphatic rings. The number of carbonyl (C=O) groups is 1. The van der Waals surface area contributed by atoms with Crippen LogP contribution in [-0.4, -0.2) is 17.6 Å². The molecule has 0 atom stereocenters. The second kappa shape index (κ2) is 5.08. The molecule has 1 aromatic heterocycles. The fourth-order valence-corrected chi connectivity index (χ4v) is 2.22. The molecule has 0 spiro atoms. The van der Waals surface area contributed by atoms with Crippen LogP contribution >= 0.6 is 0 Å². The number of ether oxygens (including phenoxy) is 1. The number of nitrogens with one attached hydrogen (secondary N) is 1. The number of hydrogen-bond acceptors (Lipinski definition) is 2. The van der Waals surface area contributed by atoms with Gasteiger partial charge in [-0.15, -0.1) is 0 Å². The summed E-state index contributed by atoms with van der Waals surface area (Å²) in [4.78, 5) is 14.8. The van der Waals surface area contributed by atoms with E-state index in [9.17, 15) is 4.79 Å². The van der Waals surface area contributed by atoms with Gasteiger partial charge in [0.05, 0.1) is 6.61 Å². The zero-order valence-electron chi connectivity index (χ0n) is 10.9. The topological polar surface area (TPSA) is 42.1 Å². The highest BCUT2D eigenvalue weighted by atomic mass is 16.5. The molecule has 94 valence electrons. The molecule has 0 radical (unpaired) electrons. The Labute approximate surface area is 106 Å². The number of H-pyrrole nitrogens is 1. The molecule has 3 nitrogen and oxygen atoms in total. The van der Waals surface area contributed by atoms with Crippen LogP contribution in [0.3, 0.4) is 0 Å². The summed E-state index contributed by atoms with van der Waals surface area (Å²) in [7, 11) is 0. The number of carbonyl (C=O) groups excluding carboxylic acids is 1. The Morgan fingerprint density at radius 3 is 2.83 bits per heavy atom. The van der Waals surface area contributed by atoms with Gasteiger partial charge < -0.3 is 9.72 Å². The van der Waals surface area contributed by atoms with Crippen molar-refractivity contribution in [3.63, 3.8) is 0 Å². The Balaban J connectivity index is 2.47. The molecule has 0 aliphatic heterocycles. The molecule has 0 amide bonds. The SMILES string of the molecule is CCOC(=O)/C=C(/C)c1c(C)[nH]c2ccccc12. The summed E-state index contributed by atoms with van der Waals surface area (Å²) in [5.41, 5.74) is 4.15. The average molecular weight is 243 g/mol. The predicted octanol–water partition coefficient (Wildman–Crippen LogP) is 3.44. The van der Waals surface area contributed by atoms with Gasteiger partial charge >= 0.3 is 5.97 Å². The van der Waals surface area contributed by atoms with Gasteiger partial charge in [0.25, 0.3) is 0 Å². The average Bonchev–Trinajstić information content (AvgIpc) is 2.64. The number of benzene rings is 1. The third-order valence-corrected chi connectivity index (χ3v) is 2.91. The number of rotatable bonds is 3. The lowest BCUT2D eigenvalue weighted by Gasteiger charge is -2.02. The van der Waals surface area contributed by atoms with E-state index in [2.05, 4.69) is 11.1 Å². The highest BCUT2D eigenvalue weighted by Crippen LogP contribution is 2.28. The van der Waals surface area contributed by atoms with Gasteiger partial charge in [0.2, 0.25) is 0 Å². The minimum Gasteiger partial charge on any atom is -0.463 e. The third-order valence-electron chi connectivity index (χ3n) is 2.91. The fourth-order valence-electron chi connectivity index (χ4n) is 2.22. The van der Waals surface area contributed by atoms with Gasteiger partial charge in [0, 0.05) is 28.2 Å². The van der Waals surface area contributed by atoms with Crippen molar-refractivity contribution < 1.29 is 9.53 Å². The number of aromatic nitrogens is 1. The molecular weight excluding hydrogens is 226 g/mol. The van der Waals surface area contributed by atoms with E-state index in [1.54, 1.807) is 13.0 Å². The summed E-state index contributed by atoms with van der Waals surface area (Å²) in [6.45, 7) is 6.14. The molecule has 3 heteroatoms. The number of allylic oxidation sites excluding steroid dienone is 1. The van der Waals surface area contributed by atoms with Crippen molar-refractivity contribution in [3.05, 3.63) is 41.6 Å². The van der Waals surface area contributed by atoms with Crippen LogP contribution < -0.4 is 0 Å². The Morgan fingerprint density at radius 1 is 1.39 bits per heavy atom. The van der Waals surface area contributed by atoms with Crippen molar-refractivity contribution in [2.45, 2.75) is 20.8 Å². The maximum absolute atomic E-state index is 11.5. The molecule has 0 unspecified atom stereocenters. The molecule has 18 heavy (non-hydrogen) atoms. The summed E-state index contributed by atoms with van der Waals surface area (Å²) < 4.78 is 4.94. The largest absolute Gasteiger partial charge is 0.463 e. The highest BCUT2D eigenvalue weighted by molar-refractivity contribution is 5.99.